The van der Waals surface area contributed by atoms with Gasteiger partial charge in [-0.05, 0) is 30.3 Å². The monoisotopic (exact) mass is 244 g/mol. The van der Waals surface area contributed by atoms with Crippen molar-refractivity contribution in [2.45, 2.75) is 0 Å². The van der Waals surface area contributed by atoms with Crippen LogP contribution in [-0.2, 0) is 0 Å². The SMILES string of the molecule is Clc1cccc(-c2ccco2)c1-n1cccn1. The fourth-order valence-corrected chi connectivity index (χ4v) is 2.04. The molecule has 17 heavy (non-hydrogen) atoms. The van der Waals surface area contributed by atoms with Gasteiger partial charge in [-0.1, -0.05) is 17.7 Å². The molecule has 2 aromatic heterocycles. The Bertz CT molecular complexity index is 615. The van der Waals surface area contributed by atoms with Crippen molar-refractivity contribution < 1.29 is 4.42 Å². The van der Waals surface area contributed by atoms with E-state index in [0.717, 1.165) is 17.0 Å². The molecule has 1 aromatic carbocycles. The van der Waals surface area contributed by atoms with Crippen LogP contribution >= 0.6 is 11.6 Å². The number of halogens is 1. The second-order valence-electron chi connectivity index (χ2n) is 3.56. The molecule has 0 atom stereocenters. The number of benzene rings is 1. The Kier molecular flexibility index (Phi) is 2.46. The number of hydrogen-bond donors (Lipinski definition) is 0. The van der Waals surface area contributed by atoms with Gasteiger partial charge in [0.1, 0.15) is 5.76 Å². The molecule has 0 spiro atoms. The Labute approximate surface area is 103 Å². The van der Waals surface area contributed by atoms with E-state index < -0.39 is 0 Å². The third-order valence-corrected chi connectivity index (χ3v) is 2.81. The quantitative estimate of drug-likeness (QED) is 0.687. The second kappa shape index (κ2) is 4.11. The summed E-state index contributed by atoms with van der Waals surface area (Å²) in [5.41, 5.74) is 1.75. The summed E-state index contributed by atoms with van der Waals surface area (Å²) in [5, 5.41) is 4.85. The van der Waals surface area contributed by atoms with Gasteiger partial charge >= 0.3 is 0 Å². The van der Waals surface area contributed by atoms with Gasteiger partial charge in [-0.2, -0.15) is 5.10 Å². The molecule has 0 saturated carbocycles. The first-order valence-electron chi connectivity index (χ1n) is 5.18. The number of aromatic nitrogens is 2. The zero-order valence-corrected chi connectivity index (χ0v) is 9.63. The van der Waals surface area contributed by atoms with Crippen molar-refractivity contribution in [1.82, 2.24) is 9.78 Å². The number of para-hydroxylation sites is 1. The number of furan rings is 1. The van der Waals surface area contributed by atoms with E-state index in [9.17, 15) is 0 Å². The van der Waals surface area contributed by atoms with Gasteiger partial charge in [-0.15, -0.1) is 0 Å². The van der Waals surface area contributed by atoms with Crippen molar-refractivity contribution in [3.63, 3.8) is 0 Å². The summed E-state index contributed by atoms with van der Waals surface area (Å²) in [6.45, 7) is 0. The molecule has 0 aliphatic carbocycles. The fourth-order valence-electron chi connectivity index (χ4n) is 1.78. The van der Waals surface area contributed by atoms with Crippen LogP contribution < -0.4 is 0 Å². The van der Waals surface area contributed by atoms with Crippen LogP contribution in [0.25, 0.3) is 17.0 Å². The Hall–Kier alpha value is -2.00. The van der Waals surface area contributed by atoms with Gasteiger partial charge in [0, 0.05) is 18.0 Å². The lowest BCUT2D eigenvalue weighted by Gasteiger charge is -2.09. The van der Waals surface area contributed by atoms with Crippen LogP contribution in [0.3, 0.4) is 0 Å². The molecule has 2 heterocycles. The molecule has 0 fully saturated rings. The van der Waals surface area contributed by atoms with Gasteiger partial charge in [0.05, 0.1) is 17.0 Å². The van der Waals surface area contributed by atoms with Crippen LogP contribution in [0.1, 0.15) is 0 Å². The largest absolute Gasteiger partial charge is 0.464 e. The van der Waals surface area contributed by atoms with E-state index in [4.69, 9.17) is 16.0 Å². The van der Waals surface area contributed by atoms with E-state index in [0.29, 0.717) is 5.02 Å². The Morgan fingerprint density at radius 3 is 2.76 bits per heavy atom. The van der Waals surface area contributed by atoms with E-state index in [-0.39, 0.29) is 0 Å². The molecule has 84 valence electrons. The van der Waals surface area contributed by atoms with Crippen LogP contribution in [-0.4, -0.2) is 9.78 Å². The van der Waals surface area contributed by atoms with Gasteiger partial charge < -0.3 is 4.42 Å². The Morgan fingerprint density at radius 1 is 1.12 bits per heavy atom. The highest BCUT2D eigenvalue weighted by Gasteiger charge is 2.12. The van der Waals surface area contributed by atoms with Gasteiger partial charge in [-0.25, -0.2) is 4.68 Å². The normalized spacial score (nSPS) is 10.6. The second-order valence-corrected chi connectivity index (χ2v) is 3.97. The van der Waals surface area contributed by atoms with Gasteiger partial charge in [-0.3, -0.25) is 0 Å². The highest BCUT2D eigenvalue weighted by Crippen LogP contribution is 2.32. The first-order valence-corrected chi connectivity index (χ1v) is 5.56. The van der Waals surface area contributed by atoms with Crippen LogP contribution in [0, 0.1) is 0 Å². The summed E-state index contributed by atoms with van der Waals surface area (Å²) in [7, 11) is 0. The maximum atomic E-state index is 6.24. The Balaban J connectivity index is 2.26. The molecule has 0 bridgehead atoms. The lowest BCUT2D eigenvalue weighted by atomic mass is 10.1. The number of hydrogen-bond acceptors (Lipinski definition) is 2. The first-order chi connectivity index (χ1) is 8.36. The first kappa shape index (κ1) is 10.2. The van der Waals surface area contributed by atoms with Gasteiger partial charge in [0.25, 0.3) is 0 Å². The average molecular weight is 245 g/mol. The molecular weight excluding hydrogens is 236 g/mol. The lowest BCUT2D eigenvalue weighted by Crippen LogP contribution is -1.98. The maximum absolute atomic E-state index is 6.24. The van der Waals surface area contributed by atoms with Crippen molar-refractivity contribution in [2.24, 2.45) is 0 Å². The van der Waals surface area contributed by atoms with Crippen molar-refractivity contribution in [1.29, 1.82) is 0 Å². The molecule has 4 heteroatoms. The van der Waals surface area contributed by atoms with Gasteiger partial charge in [0.15, 0.2) is 0 Å². The van der Waals surface area contributed by atoms with Crippen LogP contribution in [0.15, 0.2) is 59.5 Å². The predicted octanol–water partition coefficient (Wildman–Crippen LogP) is 3.79. The molecule has 0 saturated heterocycles. The summed E-state index contributed by atoms with van der Waals surface area (Å²) in [6, 6.07) is 11.3. The summed E-state index contributed by atoms with van der Waals surface area (Å²) in [4.78, 5) is 0. The minimum absolute atomic E-state index is 0.641. The lowest BCUT2D eigenvalue weighted by molar-refractivity contribution is 0.581. The molecular formula is C13H9ClN2O. The highest BCUT2D eigenvalue weighted by atomic mass is 35.5. The number of nitrogens with zero attached hydrogens (tertiary/aromatic N) is 2. The average Bonchev–Trinajstić information content (AvgIpc) is 3.02. The third-order valence-electron chi connectivity index (χ3n) is 2.51. The zero-order valence-electron chi connectivity index (χ0n) is 8.88. The van der Waals surface area contributed by atoms with Gasteiger partial charge in [0.2, 0.25) is 0 Å². The minimum Gasteiger partial charge on any atom is -0.464 e. The van der Waals surface area contributed by atoms with E-state index in [2.05, 4.69) is 5.10 Å². The molecule has 0 unspecified atom stereocenters. The zero-order chi connectivity index (χ0) is 11.7. The van der Waals surface area contributed by atoms with E-state index in [1.54, 1.807) is 17.1 Å². The standard InChI is InChI=1S/C13H9ClN2O/c14-11-5-1-4-10(12-6-2-9-17-12)13(11)16-8-3-7-15-16/h1-9H. The van der Waals surface area contributed by atoms with E-state index in [1.807, 2.05) is 42.6 Å². The number of rotatable bonds is 2. The topological polar surface area (TPSA) is 31.0 Å². The van der Waals surface area contributed by atoms with Crippen molar-refractivity contribution in [3.8, 4) is 17.0 Å². The summed E-state index contributed by atoms with van der Waals surface area (Å²) < 4.78 is 7.15. The predicted molar refractivity (Wildman–Crippen MR) is 66.3 cm³/mol. The van der Waals surface area contributed by atoms with Crippen LogP contribution in [0.4, 0.5) is 0 Å². The van der Waals surface area contributed by atoms with E-state index in [1.165, 1.54) is 0 Å². The third kappa shape index (κ3) is 1.74. The van der Waals surface area contributed by atoms with Crippen molar-refractivity contribution >= 4 is 11.6 Å². The van der Waals surface area contributed by atoms with Crippen LogP contribution in [0.5, 0.6) is 0 Å². The minimum atomic E-state index is 0.641. The smallest absolute Gasteiger partial charge is 0.136 e. The molecule has 0 N–H and O–H groups in total. The molecule has 0 amide bonds. The molecule has 0 radical (unpaired) electrons. The molecule has 3 aromatic rings. The Morgan fingerprint density at radius 2 is 2.06 bits per heavy atom. The van der Waals surface area contributed by atoms with Crippen LogP contribution in [0.2, 0.25) is 5.02 Å². The van der Waals surface area contributed by atoms with E-state index >= 15 is 0 Å². The van der Waals surface area contributed by atoms with Crippen molar-refractivity contribution in [2.75, 3.05) is 0 Å². The van der Waals surface area contributed by atoms with Crippen molar-refractivity contribution in [3.05, 3.63) is 60.1 Å². The summed E-state index contributed by atoms with van der Waals surface area (Å²) >= 11 is 6.24. The highest BCUT2D eigenvalue weighted by molar-refractivity contribution is 6.33. The molecule has 0 aliphatic rings. The maximum Gasteiger partial charge on any atom is 0.136 e. The fraction of sp³-hybridized carbons (Fsp3) is 0. The summed E-state index contributed by atoms with van der Waals surface area (Å²) in [6.07, 6.45) is 5.21. The summed E-state index contributed by atoms with van der Waals surface area (Å²) in [5.74, 6) is 0.776. The molecule has 0 aliphatic heterocycles. The molecule has 3 rings (SSSR count). The molecule has 3 nitrogen and oxygen atoms in total.